The highest BCUT2D eigenvalue weighted by molar-refractivity contribution is 5.98. The highest BCUT2D eigenvalue weighted by Gasteiger charge is 1.96. The van der Waals surface area contributed by atoms with Crippen LogP contribution in [0.2, 0.25) is 0 Å². The molecule has 0 spiro atoms. The van der Waals surface area contributed by atoms with Crippen molar-refractivity contribution in [3.05, 3.63) is 4.91 Å². The van der Waals surface area contributed by atoms with Gasteiger partial charge in [-0.1, -0.05) is 0 Å². The van der Waals surface area contributed by atoms with E-state index in [0.717, 1.165) is 0 Å². The summed E-state index contributed by atoms with van der Waals surface area (Å²) in [6.07, 6.45) is 0. The van der Waals surface area contributed by atoms with Gasteiger partial charge in [0.2, 0.25) is 0 Å². The van der Waals surface area contributed by atoms with E-state index in [1.165, 1.54) is 0 Å². The molecule has 0 N–H and O–H groups in total. The van der Waals surface area contributed by atoms with Gasteiger partial charge in [0, 0.05) is 0 Å². The lowest BCUT2D eigenvalue weighted by Gasteiger charge is -1.77. The smallest absolute Gasteiger partial charge is 0.275 e. The molecule has 0 aliphatic carbocycles. The van der Waals surface area contributed by atoms with Crippen LogP contribution in [0.4, 0.5) is 0 Å². The molecule has 0 radical (unpaired) electrons. The lowest BCUT2D eigenvalue weighted by atomic mass is 13.1. The summed E-state index contributed by atoms with van der Waals surface area (Å²) in [6.45, 7) is 0. The van der Waals surface area contributed by atoms with Gasteiger partial charge in [0.1, 0.15) is 4.91 Å². The van der Waals surface area contributed by atoms with E-state index in [-0.39, 0.29) is 5.09 Å². The second kappa shape index (κ2) is 2.85. The third kappa shape index (κ3) is 1.91. The predicted molar refractivity (Wildman–Crippen MR) is 25.7 cm³/mol. The third-order valence-electron chi connectivity index (χ3n) is 0.298. The number of rotatable bonds is 2. The number of hydrogen-bond donors (Lipinski definition) is 0. The van der Waals surface area contributed by atoms with Crippen LogP contribution in [0, 0.1) is 4.91 Å². The van der Waals surface area contributed by atoms with Crippen molar-refractivity contribution in [2.45, 2.75) is 0 Å². The van der Waals surface area contributed by atoms with Gasteiger partial charge in [0.05, 0.1) is 0 Å². The SMILES string of the molecule is O=[N+](O[SiH3])O[SiH3]. The van der Waals surface area contributed by atoms with Crippen molar-refractivity contribution in [2.75, 3.05) is 0 Å². The molecule has 0 bridgehead atoms. The van der Waals surface area contributed by atoms with E-state index < -0.39 is 0 Å². The molecule has 0 atom stereocenters. The van der Waals surface area contributed by atoms with Crippen molar-refractivity contribution in [1.82, 2.24) is 0 Å². The Kier molecular flexibility index (Phi) is 2.68. The van der Waals surface area contributed by atoms with Crippen LogP contribution in [0.3, 0.4) is 0 Å². The predicted octanol–water partition coefficient (Wildman–Crippen LogP) is -2.81. The van der Waals surface area contributed by atoms with E-state index >= 15 is 0 Å². The molecular formula is H6NO3Si2+. The maximum absolute atomic E-state index is 9.72. The summed E-state index contributed by atoms with van der Waals surface area (Å²) in [5, 5.41) is 0.123. The molecule has 6 heteroatoms. The van der Waals surface area contributed by atoms with Gasteiger partial charge in [-0.3, -0.25) is 9.05 Å². The van der Waals surface area contributed by atoms with Gasteiger partial charge in [0.15, 0.2) is 0 Å². The summed E-state index contributed by atoms with van der Waals surface area (Å²) in [4.78, 5) is 9.72. The highest BCUT2D eigenvalue weighted by Crippen LogP contribution is 1.64. The van der Waals surface area contributed by atoms with Gasteiger partial charge in [0.25, 0.3) is 0 Å². The van der Waals surface area contributed by atoms with Crippen molar-refractivity contribution in [1.29, 1.82) is 0 Å². The van der Waals surface area contributed by atoms with E-state index in [2.05, 4.69) is 9.05 Å². The van der Waals surface area contributed by atoms with E-state index in [9.17, 15) is 4.91 Å². The standard InChI is InChI=1S/H6NO3Si2/c2-1(3-5)4-6/h5-6H3/q+1. The molecule has 6 heavy (non-hydrogen) atoms. The van der Waals surface area contributed by atoms with Crippen LogP contribution in [0.1, 0.15) is 0 Å². The molecule has 0 rings (SSSR count). The van der Waals surface area contributed by atoms with Crippen LogP contribution in [-0.2, 0) is 9.05 Å². The first-order chi connectivity index (χ1) is 2.81. The van der Waals surface area contributed by atoms with Crippen LogP contribution >= 0.6 is 0 Å². The Hall–Kier alpha value is -0.366. The van der Waals surface area contributed by atoms with E-state index in [1.807, 2.05) is 0 Å². The molecule has 0 fully saturated rings. The zero-order valence-electron chi connectivity index (χ0n) is 3.67. The zero-order chi connectivity index (χ0) is 4.99. The van der Waals surface area contributed by atoms with Gasteiger partial charge < -0.3 is 0 Å². The van der Waals surface area contributed by atoms with Crippen LogP contribution in [-0.4, -0.2) is 26.1 Å². The van der Waals surface area contributed by atoms with Crippen molar-refractivity contribution >= 4 is 21.0 Å². The van der Waals surface area contributed by atoms with Gasteiger partial charge in [-0.05, 0) is 0 Å². The van der Waals surface area contributed by atoms with Gasteiger partial charge in [-0.2, -0.15) is 0 Å². The maximum Gasteiger partial charge on any atom is 0.444 e. The first kappa shape index (κ1) is 5.63. The lowest BCUT2D eigenvalue weighted by molar-refractivity contribution is -0.928. The van der Waals surface area contributed by atoms with Crippen molar-refractivity contribution in [3.63, 3.8) is 0 Å². The van der Waals surface area contributed by atoms with Crippen LogP contribution < -0.4 is 0 Å². The Morgan fingerprint density at radius 3 is 1.67 bits per heavy atom. The minimum Gasteiger partial charge on any atom is -0.275 e. The summed E-state index contributed by atoms with van der Waals surface area (Å²) in [5.74, 6) is 0. The Labute approximate surface area is 41.0 Å². The first-order valence-electron chi connectivity index (χ1n) is 1.36. The average molecular weight is 124 g/mol. The van der Waals surface area contributed by atoms with E-state index in [1.54, 1.807) is 0 Å². The monoisotopic (exact) mass is 124 g/mol. The maximum atomic E-state index is 9.72. The molecule has 0 unspecified atom stereocenters. The summed E-state index contributed by atoms with van der Waals surface area (Å²) in [5.41, 5.74) is 0. The fraction of sp³-hybridized carbons (Fsp3) is 0. The molecule has 0 aromatic carbocycles. The minimum absolute atomic E-state index is 0.123. The normalized spacial score (nSPS) is 8.00. The molecule has 4 nitrogen and oxygen atoms in total. The minimum atomic E-state index is 0.123. The summed E-state index contributed by atoms with van der Waals surface area (Å²) >= 11 is 0. The Morgan fingerprint density at radius 1 is 1.33 bits per heavy atom. The molecule has 0 saturated carbocycles. The molecule has 36 valence electrons. The third-order valence-corrected chi connectivity index (χ3v) is 0.894. The van der Waals surface area contributed by atoms with Crippen LogP contribution in [0.5, 0.6) is 0 Å². The molecule has 0 aliphatic rings. The highest BCUT2D eigenvalue weighted by atomic mass is 28.2. The van der Waals surface area contributed by atoms with Crippen molar-refractivity contribution in [3.8, 4) is 0 Å². The Bertz CT molecular complexity index is 46.8. The summed E-state index contributed by atoms with van der Waals surface area (Å²) in [7, 11) is 0.786. The second-order valence-corrected chi connectivity index (χ2v) is 1.32. The fourth-order valence-corrected chi connectivity index (χ4v) is 0.671. The van der Waals surface area contributed by atoms with Crippen LogP contribution in [0.15, 0.2) is 0 Å². The molecule has 0 aliphatic heterocycles. The van der Waals surface area contributed by atoms with Crippen LogP contribution in [0.25, 0.3) is 0 Å². The van der Waals surface area contributed by atoms with E-state index in [0.29, 0.717) is 21.0 Å². The van der Waals surface area contributed by atoms with Crippen molar-refractivity contribution in [2.24, 2.45) is 0 Å². The van der Waals surface area contributed by atoms with Gasteiger partial charge in [-0.25, -0.2) is 0 Å². The lowest BCUT2D eigenvalue weighted by Crippen LogP contribution is -2.04. The molecule has 0 aromatic heterocycles. The van der Waals surface area contributed by atoms with Gasteiger partial charge in [-0.15, -0.1) is 0 Å². The van der Waals surface area contributed by atoms with Crippen molar-refractivity contribution < 1.29 is 14.1 Å². The molecule has 0 saturated heterocycles. The number of hydrogen-bond acceptors (Lipinski definition) is 3. The topological polar surface area (TPSA) is 38.5 Å². The number of nitrogens with zero attached hydrogens (tertiary/aromatic N) is 1. The largest absolute Gasteiger partial charge is 0.444 e. The second-order valence-electron chi connectivity index (χ2n) is 0.589. The molecule has 0 amide bonds. The van der Waals surface area contributed by atoms with Gasteiger partial charge >= 0.3 is 26.1 Å². The quantitative estimate of drug-likeness (QED) is 0.295. The molecular weight excluding hydrogens is 118 g/mol. The molecule has 0 aromatic rings. The first-order valence-corrected chi connectivity index (χ1v) is 3.00. The summed E-state index contributed by atoms with van der Waals surface area (Å²) < 4.78 is 8.26. The fourth-order valence-electron chi connectivity index (χ4n) is 0.0745. The van der Waals surface area contributed by atoms with E-state index in [4.69, 9.17) is 0 Å². The average Bonchev–Trinajstić information content (AvgIpc) is 1.65. The molecule has 0 heterocycles. The Balaban J connectivity index is 2.99. The summed E-state index contributed by atoms with van der Waals surface area (Å²) in [6, 6.07) is 0. The zero-order valence-corrected chi connectivity index (χ0v) is 7.67. The Morgan fingerprint density at radius 2 is 1.67 bits per heavy atom.